The monoisotopic (exact) mass is 330 g/mol. The molecule has 0 bridgehead atoms. The van der Waals surface area contributed by atoms with Gasteiger partial charge in [0.2, 0.25) is 0 Å². The summed E-state index contributed by atoms with van der Waals surface area (Å²) in [6, 6.07) is 4.51. The maximum atomic E-state index is 4.85. The molecule has 1 fully saturated rings. The minimum Gasteiger partial charge on any atom is -0.297 e. The van der Waals surface area contributed by atoms with E-state index in [0.29, 0.717) is 0 Å². The van der Waals surface area contributed by atoms with Crippen molar-refractivity contribution in [2.24, 2.45) is 7.05 Å². The largest absolute Gasteiger partial charge is 0.297 e. The molecule has 2 aromatic heterocycles. The Balaban J connectivity index is 1.47. The van der Waals surface area contributed by atoms with Crippen LogP contribution in [-0.2, 0) is 33.1 Å². The van der Waals surface area contributed by atoms with E-state index in [9.17, 15) is 0 Å². The fourth-order valence-corrected chi connectivity index (χ4v) is 4.85. The molecule has 1 saturated heterocycles. The third-order valence-electron chi connectivity index (χ3n) is 5.16. The van der Waals surface area contributed by atoms with Crippen molar-refractivity contribution >= 4 is 11.3 Å². The molecule has 0 unspecified atom stereocenters. The Hall–Kier alpha value is -1.17. The molecule has 2 aliphatic heterocycles. The maximum Gasteiger partial charge on any atom is 0.0800 e. The van der Waals surface area contributed by atoms with Gasteiger partial charge in [-0.15, -0.1) is 11.3 Å². The van der Waals surface area contributed by atoms with Gasteiger partial charge in [0.15, 0.2) is 0 Å². The van der Waals surface area contributed by atoms with E-state index < -0.39 is 0 Å². The first-order valence-corrected chi connectivity index (χ1v) is 9.54. The van der Waals surface area contributed by atoms with Gasteiger partial charge in [-0.3, -0.25) is 14.5 Å². The molecule has 4 heterocycles. The molecule has 0 saturated carbocycles. The number of aryl methyl sites for hydroxylation is 2. The molecule has 0 spiro atoms. The van der Waals surface area contributed by atoms with Crippen LogP contribution in [-0.4, -0.2) is 39.2 Å². The molecule has 2 aliphatic rings. The summed E-state index contributed by atoms with van der Waals surface area (Å²) in [5, 5.41) is 4.85. The van der Waals surface area contributed by atoms with E-state index in [2.05, 4.69) is 40.6 Å². The van der Waals surface area contributed by atoms with Crippen molar-refractivity contribution in [2.75, 3.05) is 19.6 Å². The lowest BCUT2D eigenvalue weighted by molar-refractivity contribution is 0.240. The molecule has 2 aromatic rings. The van der Waals surface area contributed by atoms with Gasteiger partial charge in [0.1, 0.15) is 0 Å². The van der Waals surface area contributed by atoms with Crippen molar-refractivity contribution in [1.29, 1.82) is 0 Å². The van der Waals surface area contributed by atoms with Gasteiger partial charge in [0, 0.05) is 48.5 Å². The maximum absolute atomic E-state index is 4.85. The minimum atomic E-state index is 1.04. The standard InChI is InChI=1S/C18H26N4S/c1-14-5-6-15(23-14)11-22-10-7-16-17(12-21-8-3-4-9-21)19-20(2)18(16)13-22/h5-6H,3-4,7-13H2,1-2H3. The number of likely N-dealkylation sites (tertiary alicyclic amines) is 1. The number of rotatable bonds is 4. The molecule has 124 valence electrons. The van der Waals surface area contributed by atoms with E-state index in [1.165, 1.54) is 52.6 Å². The average Bonchev–Trinajstić information content (AvgIpc) is 3.24. The van der Waals surface area contributed by atoms with E-state index in [1.807, 2.05) is 11.3 Å². The molecule has 0 N–H and O–H groups in total. The van der Waals surface area contributed by atoms with Crippen LogP contribution < -0.4 is 0 Å². The number of hydrogen-bond acceptors (Lipinski definition) is 4. The van der Waals surface area contributed by atoms with Crippen LogP contribution in [0.1, 0.15) is 39.5 Å². The molecule has 0 aromatic carbocycles. The van der Waals surface area contributed by atoms with Crippen LogP contribution in [0.2, 0.25) is 0 Å². The number of thiophene rings is 1. The first kappa shape index (κ1) is 15.4. The fourth-order valence-electron chi connectivity index (χ4n) is 3.92. The Kier molecular flexibility index (Phi) is 4.26. The predicted molar refractivity (Wildman–Crippen MR) is 94.6 cm³/mol. The summed E-state index contributed by atoms with van der Waals surface area (Å²) in [5.74, 6) is 0. The Morgan fingerprint density at radius 1 is 1.09 bits per heavy atom. The molecule has 23 heavy (non-hydrogen) atoms. The highest BCUT2D eigenvalue weighted by molar-refractivity contribution is 7.11. The third kappa shape index (κ3) is 3.23. The lowest BCUT2D eigenvalue weighted by Gasteiger charge is -2.27. The Morgan fingerprint density at radius 3 is 2.65 bits per heavy atom. The first-order valence-electron chi connectivity index (χ1n) is 8.72. The van der Waals surface area contributed by atoms with Crippen molar-refractivity contribution in [3.05, 3.63) is 38.8 Å². The molecule has 0 aliphatic carbocycles. The van der Waals surface area contributed by atoms with Gasteiger partial charge < -0.3 is 0 Å². The average molecular weight is 331 g/mol. The highest BCUT2D eigenvalue weighted by atomic mass is 32.1. The van der Waals surface area contributed by atoms with Crippen LogP contribution in [0.5, 0.6) is 0 Å². The van der Waals surface area contributed by atoms with Crippen molar-refractivity contribution in [1.82, 2.24) is 19.6 Å². The second-order valence-electron chi connectivity index (χ2n) is 6.95. The highest BCUT2D eigenvalue weighted by Crippen LogP contribution is 2.26. The van der Waals surface area contributed by atoms with Gasteiger partial charge in [-0.05, 0) is 51.4 Å². The summed E-state index contributed by atoms with van der Waals surface area (Å²) in [5.41, 5.74) is 4.28. The second kappa shape index (κ2) is 6.38. The fraction of sp³-hybridized carbons (Fsp3) is 0.611. The number of fused-ring (bicyclic) bond motifs is 1. The first-order chi connectivity index (χ1) is 11.2. The van der Waals surface area contributed by atoms with Crippen LogP contribution in [0.25, 0.3) is 0 Å². The van der Waals surface area contributed by atoms with Gasteiger partial charge in [0.05, 0.1) is 11.4 Å². The quantitative estimate of drug-likeness (QED) is 0.861. The van der Waals surface area contributed by atoms with E-state index in [-0.39, 0.29) is 0 Å². The lowest BCUT2D eigenvalue weighted by atomic mass is 10.0. The SMILES string of the molecule is Cc1ccc(CN2CCc3c(CN4CCCC4)nn(C)c3C2)s1. The molecule has 0 radical (unpaired) electrons. The van der Waals surface area contributed by atoms with Crippen LogP contribution in [0.3, 0.4) is 0 Å². The van der Waals surface area contributed by atoms with Gasteiger partial charge in [-0.2, -0.15) is 5.10 Å². The molecule has 4 nitrogen and oxygen atoms in total. The van der Waals surface area contributed by atoms with Crippen molar-refractivity contribution < 1.29 is 0 Å². The summed E-state index contributed by atoms with van der Waals surface area (Å²) in [6.45, 7) is 8.99. The smallest absolute Gasteiger partial charge is 0.0800 e. The zero-order valence-corrected chi connectivity index (χ0v) is 15.0. The summed E-state index contributed by atoms with van der Waals surface area (Å²) in [7, 11) is 2.12. The van der Waals surface area contributed by atoms with E-state index >= 15 is 0 Å². The zero-order valence-electron chi connectivity index (χ0n) is 14.2. The van der Waals surface area contributed by atoms with Crippen LogP contribution in [0.4, 0.5) is 0 Å². The Morgan fingerprint density at radius 2 is 1.91 bits per heavy atom. The molecule has 4 rings (SSSR count). The minimum absolute atomic E-state index is 1.04. The van der Waals surface area contributed by atoms with Crippen LogP contribution in [0, 0.1) is 6.92 Å². The van der Waals surface area contributed by atoms with E-state index in [1.54, 1.807) is 0 Å². The number of aromatic nitrogens is 2. The zero-order chi connectivity index (χ0) is 15.8. The van der Waals surface area contributed by atoms with Crippen LogP contribution in [0.15, 0.2) is 12.1 Å². The number of hydrogen-bond donors (Lipinski definition) is 0. The summed E-state index contributed by atoms with van der Waals surface area (Å²) in [6.07, 6.45) is 3.85. The molecule has 0 atom stereocenters. The van der Waals surface area contributed by atoms with Gasteiger partial charge >= 0.3 is 0 Å². The van der Waals surface area contributed by atoms with Crippen molar-refractivity contribution in [3.63, 3.8) is 0 Å². The Bertz CT molecular complexity index is 681. The van der Waals surface area contributed by atoms with E-state index in [4.69, 9.17) is 5.10 Å². The summed E-state index contributed by atoms with van der Waals surface area (Å²) < 4.78 is 2.13. The highest BCUT2D eigenvalue weighted by Gasteiger charge is 2.25. The lowest BCUT2D eigenvalue weighted by Crippen LogP contribution is -2.31. The third-order valence-corrected chi connectivity index (χ3v) is 6.14. The van der Waals surface area contributed by atoms with Gasteiger partial charge in [0.25, 0.3) is 0 Å². The topological polar surface area (TPSA) is 24.3 Å². The predicted octanol–water partition coefficient (Wildman–Crippen LogP) is 2.94. The summed E-state index contributed by atoms with van der Waals surface area (Å²) in [4.78, 5) is 8.01. The summed E-state index contributed by atoms with van der Waals surface area (Å²) >= 11 is 1.92. The van der Waals surface area contributed by atoms with Crippen molar-refractivity contribution in [2.45, 2.75) is 45.8 Å². The molecule has 0 amide bonds. The molecular weight excluding hydrogens is 304 g/mol. The van der Waals surface area contributed by atoms with Gasteiger partial charge in [-0.1, -0.05) is 0 Å². The van der Waals surface area contributed by atoms with Crippen LogP contribution >= 0.6 is 11.3 Å². The van der Waals surface area contributed by atoms with Crippen molar-refractivity contribution in [3.8, 4) is 0 Å². The Labute approximate surface area is 142 Å². The van der Waals surface area contributed by atoms with E-state index in [0.717, 1.165) is 32.6 Å². The normalized spacial score (nSPS) is 19.4. The number of nitrogens with zero attached hydrogens (tertiary/aromatic N) is 4. The molecule has 5 heteroatoms. The van der Waals surface area contributed by atoms with Gasteiger partial charge in [-0.25, -0.2) is 0 Å². The molecular formula is C18H26N4S. The second-order valence-corrected chi connectivity index (χ2v) is 8.32.